The lowest BCUT2D eigenvalue weighted by atomic mass is 10.0. The molecule has 1 N–H and O–H groups in total. The van der Waals surface area contributed by atoms with Gasteiger partial charge in [0, 0.05) is 22.4 Å². The topological polar surface area (TPSA) is 59.7 Å². The number of aryl methyl sites for hydroxylation is 1. The minimum atomic E-state index is -0.476. The van der Waals surface area contributed by atoms with E-state index in [1.54, 1.807) is 19.9 Å². The number of furan rings is 1. The standard InChI is InChI=1S/C15H15ClO4/c1-4-19-15(18)13-9(3)20-12-6-5-11(17)10(14(12)13)7-8(2)16/h5-6,17H,2,4,7H2,1,3H3. The van der Waals surface area contributed by atoms with Gasteiger partial charge in [0.15, 0.2) is 0 Å². The molecule has 0 bridgehead atoms. The fourth-order valence-electron chi connectivity index (χ4n) is 2.19. The molecule has 1 heterocycles. The SMILES string of the molecule is C=C(Cl)Cc1c(O)ccc2oc(C)c(C(=O)OCC)c12. The Balaban J connectivity index is 2.73. The van der Waals surface area contributed by atoms with Crippen molar-refractivity contribution in [1.82, 2.24) is 0 Å². The summed E-state index contributed by atoms with van der Waals surface area (Å²) in [6.45, 7) is 7.30. The number of esters is 1. The first-order valence-corrected chi connectivity index (χ1v) is 6.57. The first-order chi connectivity index (χ1) is 9.45. The quantitative estimate of drug-likeness (QED) is 0.868. The molecule has 5 heteroatoms. The average Bonchev–Trinajstić information content (AvgIpc) is 2.69. The van der Waals surface area contributed by atoms with Crippen LogP contribution >= 0.6 is 11.6 Å². The van der Waals surface area contributed by atoms with Gasteiger partial charge in [-0.05, 0) is 26.0 Å². The van der Waals surface area contributed by atoms with E-state index in [0.717, 1.165) is 0 Å². The number of fused-ring (bicyclic) bond motifs is 1. The lowest BCUT2D eigenvalue weighted by Crippen LogP contribution is -2.06. The van der Waals surface area contributed by atoms with E-state index < -0.39 is 5.97 Å². The molecule has 0 atom stereocenters. The Morgan fingerprint density at radius 3 is 2.80 bits per heavy atom. The van der Waals surface area contributed by atoms with Crippen LogP contribution in [0, 0.1) is 6.92 Å². The van der Waals surface area contributed by atoms with Gasteiger partial charge in [0.05, 0.1) is 6.61 Å². The van der Waals surface area contributed by atoms with Crippen LogP contribution in [-0.2, 0) is 11.2 Å². The summed E-state index contributed by atoms with van der Waals surface area (Å²) in [6, 6.07) is 3.12. The second-order valence-corrected chi connectivity index (χ2v) is 4.92. The van der Waals surface area contributed by atoms with Crippen LogP contribution in [0.25, 0.3) is 11.0 Å². The third-order valence-electron chi connectivity index (χ3n) is 2.96. The average molecular weight is 295 g/mol. The van der Waals surface area contributed by atoms with E-state index in [2.05, 4.69) is 6.58 Å². The van der Waals surface area contributed by atoms with Crippen molar-refractivity contribution in [3.8, 4) is 5.75 Å². The van der Waals surface area contributed by atoms with E-state index in [9.17, 15) is 9.90 Å². The predicted octanol–water partition coefficient (Wildman–Crippen LogP) is 3.92. The van der Waals surface area contributed by atoms with Crippen LogP contribution in [0.3, 0.4) is 0 Å². The maximum Gasteiger partial charge on any atom is 0.342 e. The largest absolute Gasteiger partial charge is 0.508 e. The highest BCUT2D eigenvalue weighted by Gasteiger charge is 2.23. The highest BCUT2D eigenvalue weighted by atomic mass is 35.5. The fraction of sp³-hybridized carbons (Fsp3) is 0.267. The Hall–Kier alpha value is -1.94. The Bertz CT molecular complexity index is 685. The summed E-state index contributed by atoms with van der Waals surface area (Å²) in [6.07, 6.45) is 0.246. The normalized spacial score (nSPS) is 10.8. The summed E-state index contributed by atoms with van der Waals surface area (Å²) in [4.78, 5) is 12.1. The van der Waals surface area contributed by atoms with Gasteiger partial charge in [-0.15, -0.1) is 0 Å². The van der Waals surface area contributed by atoms with Crippen molar-refractivity contribution in [2.24, 2.45) is 0 Å². The zero-order chi connectivity index (χ0) is 14.9. The van der Waals surface area contributed by atoms with Gasteiger partial charge < -0.3 is 14.3 Å². The van der Waals surface area contributed by atoms with Crippen LogP contribution in [0.1, 0.15) is 28.6 Å². The fourth-order valence-corrected chi connectivity index (χ4v) is 2.32. The second-order valence-electron chi connectivity index (χ2n) is 4.38. The highest BCUT2D eigenvalue weighted by molar-refractivity contribution is 6.29. The Labute approximate surface area is 121 Å². The van der Waals surface area contributed by atoms with Gasteiger partial charge in [0.2, 0.25) is 0 Å². The van der Waals surface area contributed by atoms with Gasteiger partial charge in [0.25, 0.3) is 0 Å². The van der Waals surface area contributed by atoms with Crippen molar-refractivity contribution in [3.05, 3.63) is 40.6 Å². The lowest BCUT2D eigenvalue weighted by molar-refractivity contribution is 0.0526. The molecule has 0 radical (unpaired) electrons. The molecule has 2 aromatic rings. The summed E-state index contributed by atoms with van der Waals surface area (Å²) in [5.41, 5.74) is 1.35. The summed E-state index contributed by atoms with van der Waals surface area (Å²) in [7, 11) is 0. The van der Waals surface area contributed by atoms with Crippen LogP contribution in [-0.4, -0.2) is 17.7 Å². The van der Waals surface area contributed by atoms with E-state index >= 15 is 0 Å². The maximum atomic E-state index is 12.1. The van der Waals surface area contributed by atoms with E-state index in [4.69, 9.17) is 20.8 Å². The van der Waals surface area contributed by atoms with E-state index in [1.165, 1.54) is 6.07 Å². The summed E-state index contributed by atoms with van der Waals surface area (Å²) in [5, 5.41) is 10.9. The molecule has 4 nitrogen and oxygen atoms in total. The molecule has 0 aliphatic carbocycles. The molecular formula is C15H15ClO4. The summed E-state index contributed by atoms with van der Waals surface area (Å²) >= 11 is 5.83. The van der Waals surface area contributed by atoms with Crippen LogP contribution in [0.15, 0.2) is 28.2 Å². The molecule has 0 spiro atoms. The number of carbonyl (C=O) groups is 1. The van der Waals surface area contributed by atoms with Crippen LogP contribution < -0.4 is 0 Å². The zero-order valence-corrected chi connectivity index (χ0v) is 12.1. The van der Waals surface area contributed by atoms with Crippen LogP contribution in [0.5, 0.6) is 5.75 Å². The number of phenolic OH excluding ortho intramolecular Hbond substituents is 1. The number of carbonyl (C=O) groups excluding carboxylic acids is 1. The molecule has 106 valence electrons. The third kappa shape index (κ3) is 2.51. The number of hydrogen-bond donors (Lipinski definition) is 1. The van der Waals surface area contributed by atoms with Crippen molar-refractivity contribution in [2.45, 2.75) is 20.3 Å². The minimum absolute atomic E-state index is 0.0469. The van der Waals surface area contributed by atoms with Crippen molar-refractivity contribution >= 4 is 28.5 Å². The molecule has 0 aliphatic heterocycles. The van der Waals surface area contributed by atoms with Crippen LogP contribution in [0.4, 0.5) is 0 Å². The summed E-state index contributed by atoms with van der Waals surface area (Å²) < 4.78 is 10.6. The monoisotopic (exact) mass is 294 g/mol. The Kier molecular flexibility index (Phi) is 4.04. The third-order valence-corrected chi connectivity index (χ3v) is 3.10. The summed E-state index contributed by atoms with van der Waals surface area (Å²) in [5.74, 6) is 0.0203. The van der Waals surface area contributed by atoms with Gasteiger partial charge in [-0.2, -0.15) is 0 Å². The first-order valence-electron chi connectivity index (χ1n) is 6.20. The molecule has 1 aromatic heterocycles. The Morgan fingerprint density at radius 2 is 2.20 bits per heavy atom. The molecular weight excluding hydrogens is 280 g/mol. The second kappa shape index (κ2) is 5.59. The number of halogens is 1. The number of aromatic hydroxyl groups is 1. The number of ether oxygens (including phenoxy) is 1. The van der Waals surface area contributed by atoms with Crippen molar-refractivity contribution < 1.29 is 19.1 Å². The predicted molar refractivity (Wildman–Crippen MR) is 77.3 cm³/mol. The van der Waals surface area contributed by atoms with Gasteiger partial charge in [-0.25, -0.2) is 4.79 Å². The van der Waals surface area contributed by atoms with Gasteiger partial charge in [-0.3, -0.25) is 0 Å². The number of hydrogen-bond acceptors (Lipinski definition) is 4. The van der Waals surface area contributed by atoms with Crippen LogP contribution in [0.2, 0.25) is 0 Å². The molecule has 2 rings (SSSR count). The molecule has 0 unspecified atom stereocenters. The number of phenols is 1. The smallest absolute Gasteiger partial charge is 0.342 e. The highest BCUT2D eigenvalue weighted by Crippen LogP contribution is 2.35. The van der Waals surface area contributed by atoms with Crippen molar-refractivity contribution in [1.29, 1.82) is 0 Å². The molecule has 20 heavy (non-hydrogen) atoms. The molecule has 0 fully saturated rings. The zero-order valence-electron chi connectivity index (χ0n) is 11.3. The van der Waals surface area contributed by atoms with E-state index in [-0.39, 0.29) is 18.8 Å². The van der Waals surface area contributed by atoms with Gasteiger partial charge in [0.1, 0.15) is 22.7 Å². The van der Waals surface area contributed by atoms with E-state index in [1.807, 2.05) is 0 Å². The first kappa shape index (κ1) is 14.5. The minimum Gasteiger partial charge on any atom is -0.508 e. The number of benzene rings is 1. The number of allylic oxidation sites excluding steroid dienone is 1. The van der Waals surface area contributed by atoms with Crippen molar-refractivity contribution in [3.63, 3.8) is 0 Å². The van der Waals surface area contributed by atoms with Crippen molar-refractivity contribution in [2.75, 3.05) is 6.61 Å². The van der Waals surface area contributed by atoms with Gasteiger partial charge >= 0.3 is 5.97 Å². The van der Waals surface area contributed by atoms with E-state index in [0.29, 0.717) is 32.9 Å². The molecule has 0 saturated carbocycles. The molecule has 0 amide bonds. The molecule has 1 aromatic carbocycles. The number of rotatable bonds is 4. The van der Waals surface area contributed by atoms with Gasteiger partial charge in [-0.1, -0.05) is 18.2 Å². The molecule has 0 saturated heterocycles. The Morgan fingerprint density at radius 1 is 1.50 bits per heavy atom. The maximum absolute atomic E-state index is 12.1. The lowest BCUT2D eigenvalue weighted by Gasteiger charge is -2.07. The molecule has 0 aliphatic rings.